The molecule has 1 unspecified atom stereocenters. The van der Waals surface area contributed by atoms with E-state index in [0.29, 0.717) is 11.2 Å². The lowest BCUT2D eigenvalue weighted by Crippen LogP contribution is -2.11. The molecule has 1 N–H and O–H groups in total. The van der Waals surface area contributed by atoms with E-state index >= 15 is 0 Å². The van der Waals surface area contributed by atoms with Crippen LogP contribution in [0.3, 0.4) is 0 Å². The number of aliphatic hydroxyl groups excluding tert-OH is 1. The Hall–Kier alpha value is -1.62. The third kappa shape index (κ3) is 3.44. The fourth-order valence-corrected chi connectivity index (χ4v) is 1.99. The molecule has 1 atom stereocenters. The number of nitrogens with zero attached hydrogens (tertiary/aromatic N) is 1. The number of fused-ring (bicyclic) bond motifs is 1. The predicted molar refractivity (Wildman–Crippen MR) is 66.7 cm³/mol. The van der Waals surface area contributed by atoms with E-state index in [2.05, 4.69) is 4.98 Å². The largest absolute Gasteiger partial charge is 0.389 e. The average Bonchev–Trinajstić information content (AvgIpc) is 2.35. The van der Waals surface area contributed by atoms with E-state index in [1.165, 1.54) is 0 Å². The molecule has 0 aliphatic rings. The summed E-state index contributed by atoms with van der Waals surface area (Å²) in [7, 11) is 0. The zero-order valence-electron chi connectivity index (χ0n) is 10.4. The van der Waals surface area contributed by atoms with Crippen LogP contribution in [0.4, 0.5) is 13.2 Å². The minimum Gasteiger partial charge on any atom is -0.387 e. The van der Waals surface area contributed by atoms with Crippen molar-refractivity contribution < 1.29 is 18.3 Å². The number of aliphatic hydroxyl groups is 1. The molecule has 102 valence electrons. The lowest BCUT2D eigenvalue weighted by molar-refractivity contribution is -0.140. The molecule has 2 rings (SSSR count). The molecule has 1 heterocycles. The van der Waals surface area contributed by atoms with E-state index in [4.69, 9.17) is 0 Å². The summed E-state index contributed by atoms with van der Waals surface area (Å²) in [6, 6.07) is 8.99. The number of aryl methyl sites for hydroxylation is 1. The highest BCUT2D eigenvalue weighted by Gasteiger charge is 2.28. The summed E-state index contributed by atoms with van der Waals surface area (Å²) in [6.45, 7) is 1.85. The zero-order chi connectivity index (χ0) is 14.0. The number of pyridine rings is 1. The number of aromatic nitrogens is 1. The molecule has 0 spiro atoms. The lowest BCUT2D eigenvalue weighted by atomic mass is 10.0. The highest BCUT2D eigenvalue weighted by molar-refractivity contribution is 5.82. The summed E-state index contributed by atoms with van der Waals surface area (Å²) in [6.07, 6.45) is -6.83. The van der Waals surface area contributed by atoms with Crippen LogP contribution < -0.4 is 0 Å². The standard InChI is InChI=1S/C14H14F3NO/c1-9-8-12(13(19)6-7-14(15,16)17)18-11-5-3-2-4-10(9)11/h2-5,8,13,19H,6-7H2,1H3. The van der Waals surface area contributed by atoms with Gasteiger partial charge >= 0.3 is 6.18 Å². The fourth-order valence-electron chi connectivity index (χ4n) is 1.99. The molecule has 2 nitrogen and oxygen atoms in total. The molecule has 0 aliphatic carbocycles. The molecule has 0 amide bonds. The topological polar surface area (TPSA) is 33.1 Å². The molecule has 0 fully saturated rings. The number of alkyl halides is 3. The molecule has 1 aromatic heterocycles. The summed E-state index contributed by atoms with van der Waals surface area (Å²) in [5.74, 6) is 0. The van der Waals surface area contributed by atoms with Gasteiger partial charge in [-0.15, -0.1) is 0 Å². The SMILES string of the molecule is Cc1cc(C(O)CCC(F)(F)F)nc2ccccc12. The third-order valence-electron chi connectivity index (χ3n) is 2.99. The molecule has 2 aromatic rings. The van der Waals surface area contributed by atoms with Crippen molar-refractivity contribution in [2.75, 3.05) is 0 Å². The zero-order valence-corrected chi connectivity index (χ0v) is 10.4. The van der Waals surface area contributed by atoms with E-state index in [1.54, 1.807) is 18.2 Å². The van der Waals surface area contributed by atoms with Crippen LogP contribution in [-0.4, -0.2) is 16.3 Å². The Morgan fingerprint density at radius 2 is 1.95 bits per heavy atom. The Kier molecular flexibility index (Phi) is 3.75. The second-order valence-corrected chi connectivity index (χ2v) is 4.55. The maximum absolute atomic E-state index is 12.1. The van der Waals surface area contributed by atoms with Crippen molar-refractivity contribution in [3.8, 4) is 0 Å². The number of para-hydroxylation sites is 1. The number of hydrogen-bond donors (Lipinski definition) is 1. The molecule has 5 heteroatoms. The van der Waals surface area contributed by atoms with Gasteiger partial charge in [0.1, 0.15) is 0 Å². The van der Waals surface area contributed by atoms with E-state index in [-0.39, 0.29) is 6.42 Å². The van der Waals surface area contributed by atoms with Crippen molar-refractivity contribution in [2.45, 2.75) is 32.0 Å². The second kappa shape index (κ2) is 5.17. The maximum Gasteiger partial charge on any atom is 0.389 e. The summed E-state index contributed by atoms with van der Waals surface area (Å²) in [4.78, 5) is 4.22. The van der Waals surface area contributed by atoms with Gasteiger partial charge in [-0.3, -0.25) is 4.98 Å². The van der Waals surface area contributed by atoms with Gasteiger partial charge < -0.3 is 5.11 Å². The molecule has 0 aliphatic heterocycles. The monoisotopic (exact) mass is 269 g/mol. The highest BCUT2D eigenvalue weighted by Crippen LogP contribution is 2.28. The van der Waals surface area contributed by atoms with Gasteiger partial charge in [0.05, 0.1) is 17.3 Å². The Morgan fingerprint density at radius 1 is 1.26 bits per heavy atom. The molecule has 0 bridgehead atoms. The van der Waals surface area contributed by atoms with Crippen LogP contribution >= 0.6 is 0 Å². The van der Waals surface area contributed by atoms with Gasteiger partial charge in [-0.2, -0.15) is 13.2 Å². The lowest BCUT2D eigenvalue weighted by Gasteiger charge is -2.13. The van der Waals surface area contributed by atoms with Crippen molar-refractivity contribution >= 4 is 10.9 Å². The molecular weight excluding hydrogens is 255 g/mol. The Balaban J connectivity index is 2.25. The molecule has 19 heavy (non-hydrogen) atoms. The van der Waals surface area contributed by atoms with Gasteiger partial charge in [-0.25, -0.2) is 0 Å². The Morgan fingerprint density at radius 3 is 2.63 bits per heavy atom. The summed E-state index contributed by atoms with van der Waals surface area (Å²) < 4.78 is 36.4. The van der Waals surface area contributed by atoms with Gasteiger partial charge in [0.15, 0.2) is 0 Å². The predicted octanol–water partition coefficient (Wildman–Crippen LogP) is 3.92. The van der Waals surface area contributed by atoms with Crippen LogP contribution in [0, 0.1) is 6.92 Å². The van der Waals surface area contributed by atoms with Crippen LogP contribution in [-0.2, 0) is 0 Å². The van der Waals surface area contributed by atoms with Gasteiger partial charge in [0, 0.05) is 11.8 Å². The third-order valence-corrected chi connectivity index (χ3v) is 2.99. The average molecular weight is 269 g/mol. The second-order valence-electron chi connectivity index (χ2n) is 4.55. The van der Waals surface area contributed by atoms with E-state index in [9.17, 15) is 18.3 Å². The van der Waals surface area contributed by atoms with E-state index in [0.717, 1.165) is 10.9 Å². The van der Waals surface area contributed by atoms with Gasteiger partial charge in [-0.05, 0) is 31.0 Å². The smallest absolute Gasteiger partial charge is 0.387 e. The molecule has 0 saturated carbocycles. The van der Waals surface area contributed by atoms with Crippen LogP contribution in [0.15, 0.2) is 30.3 Å². The molecule has 0 saturated heterocycles. The van der Waals surface area contributed by atoms with E-state index < -0.39 is 18.7 Å². The summed E-state index contributed by atoms with van der Waals surface area (Å²) in [5, 5.41) is 10.7. The highest BCUT2D eigenvalue weighted by atomic mass is 19.4. The number of rotatable bonds is 3. The molecule has 0 radical (unpaired) electrons. The van der Waals surface area contributed by atoms with Crippen molar-refractivity contribution in [3.63, 3.8) is 0 Å². The van der Waals surface area contributed by atoms with Crippen molar-refractivity contribution in [1.29, 1.82) is 0 Å². The van der Waals surface area contributed by atoms with Crippen LogP contribution in [0.1, 0.15) is 30.2 Å². The first kappa shape index (κ1) is 13.8. The van der Waals surface area contributed by atoms with Crippen LogP contribution in [0.5, 0.6) is 0 Å². The molecule has 1 aromatic carbocycles. The summed E-state index contributed by atoms with van der Waals surface area (Å²) >= 11 is 0. The van der Waals surface area contributed by atoms with Crippen molar-refractivity contribution in [2.24, 2.45) is 0 Å². The normalized spacial score (nSPS) is 13.7. The maximum atomic E-state index is 12.1. The summed E-state index contributed by atoms with van der Waals surface area (Å²) in [5.41, 5.74) is 1.87. The number of halogens is 3. The number of hydrogen-bond acceptors (Lipinski definition) is 2. The first-order valence-corrected chi connectivity index (χ1v) is 5.98. The fraction of sp³-hybridized carbons (Fsp3) is 0.357. The Bertz CT molecular complexity index is 580. The first-order chi connectivity index (χ1) is 8.87. The quantitative estimate of drug-likeness (QED) is 0.916. The van der Waals surface area contributed by atoms with Gasteiger partial charge in [0.2, 0.25) is 0 Å². The number of benzene rings is 1. The van der Waals surface area contributed by atoms with Crippen LogP contribution in [0.2, 0.25) is 0 Å². The minimum atomic E-state index is -4.26. The van der Waals surface area contributed by atoms with Crippen molar-refractivity contribution in [1.82, 2.24) is 4.98 Å². The van der Waals surface area contributed by atoms with E-state index in [1.807, 2.05) is 19.1 Å². The first-order valence-electron chi connectivity index (χ1n) is 5.98. The Labute approximate surface area is 108 Å². The minimum absolute atomic E-state index is 0.292. The van der Waals surface area contributed by atoms with Gasteiger partial charge in [-0.1, -0.05) is 18.2 Å². The van der Waals surface area contributed by atoms with Crippen LogP contribution in [0.25, 0.3) is 10.9 Å². The van der Waals surface area contributed by atoms with Gasteiger partial charge in [0.25, 0.3) is 0 Å². The molecular formula is C14H14F3NO. The van der Waals surface area contributed by atoms with Crippen molar-refractivity contribution in [3.05, 3.63) is 41.6 Å².